The van der Waals surface area contributed by atoms with E-state index in [1.54, 1.807) is 12.1 Å². The van der Waals surface area contributed by atoms with Crippen molar-refractivity contribution >= 4 is 33.9 Å². The van der Waals surface area contributed by atoms with E-state index in [1.165, 1.54) is 24.8 Å². The minimum Gasteiger partial charge on any atom is -0.494 e. The molecule has 6 nitrogen and oxygen atoms in total. The number of nitrogens with one attached hydrogen (secondary N) is 2. The normalized spacial score (nSPS) is 14.3. The third-order valence-corrected chi connectivity index (χ3v) is 7.39. The smallest absolute Gasteiger partial charge is 0.255 e. The fraction of sp³-hybridized carbons (Fsp3) is 0.176. The van der Waals surface area contributed by atoms with Crippen LogP contribution >= 0.6 is 0 Å². The number of hydrogen-bond donors (Lipinski definition) is 3. The van der Waals surface area contributed by atoms with Gasteiger partial charge < -0.3 is 15.4 Å². The van der Waals surface area contributed by atoms with Gasteiger partial charge in [-0.05, 0) is 74.0 Å². The Morgan fingerprint density at radius 3 is 2.20 bits per heavy atom. The molecule has 0 bridgehead atoms. The zero-order valence-electron chi connectivity index (χ0n) is 22.3. The van der Waals surface area contributed by atoms with Crippen molar-refractivity contribution in [2.45, 2.75) is 25.8 Å². The Bertz CT molecular complexity index is 1630. The fourth-order valence-corrected chi connectivity index (χ4v) is 5.34. The number of H-pyrrole nitrogens is 1. The minimum atomic E-state index is -0.189. The van der Waals surface area contributed by atoms with Crippen LogP contribution in [0, 0.1) is 0 Å². The standard InChI is InChI=1S/C34H32N4O2/c39-33(26-12-6-2-7-13-26)36-28-18-19-29-30(22-28)37-34(40)31(29)32(25-10-4-1-5-11-25)35-27-16-14-24(15-17-27)23-38-20-8-3-9-21-38/h1-2,4-7,10-19,22,37,40H,3,8-9,20-21,23H2,(H,36,39). The summed E-state index contributed by atoms with van der Waals surface area (Å²) in [4.78, 5) is 23.3. The van der Waals surface area contributed by atoms with Crippen molar-refractivity contribution in [3.05, 3.63) is 125 Å². The molecule has 200 valence electrons. The lowest BCUT2D eigenvalue weighted by molar-refractivity contribution is 0.102. The number of aromatic amines is 1. The molecular formula is C34H32N4O2. The summed E-state index contributed by atoms with van der Waals surface area (Å²) < 4.78 is 0. The minimum absolute atomic E-state index is 0.0332. The molecule has 3 N–H and O–H groups in total. The molecule has 1 aliphatic heterocycles. The molecule has 0 atom stereocenters. The molecule has 1 aliphatic rings. The summed E-state index contributed by atoms with van der Waals surface area (Å²) in [5.41, 5.74) is 6.23. The van der Waals surface area contributed by atoms with Gasteiger partial charge in [0.15, 0.2) is 5.88 Å². The predicted molar refractivity (Wildman–Crippen MR) is 162 cm³/mol. The number of nitrogens with zero attached hydrogens (tertiary/aromatic N) is 2. The van der Waals surface area contributed by atoms with Gasteiger partial charge in [-0.2, -0.15) is 0 Å². The quantitative estimate of drug-likeness (QED) is 0.194. The van der Waals surface area contributed by atoms with E-state index in [9.17, 15) is 9.90 Å². The Balaban J connectivity index is 1.32. The van der Waals surface area contributed by atoms with Crippen LogP contribution in [-0.2, 0) is 6.54 Å². The Morgan fingerprint density at radius 2 is 1.50 bits per heavy atom. The summed E-state index contributed by atoms with van der Waals surface area (Å²) in [6.07, 6.45) is 3.88. The molecule has 0 aliphatic carbocycles. The zero-order valence-corrected chi connectivity index (χ0v) is 22.3. The number of carbonyl (C=O) groups excluding carboxylic acids is 1. The second-order valence-corrected chi connectivity index (χ2v) is 10.3. The summed E-state index contributed by atoms with van der Waals surface area (Å²) in [6, 6.07) is 32.9. The van der Waals surface area contributed by atoms with Gasteiger partial charge in [-0.3, -0.25) is 9.69 Å². The Morgan fingerprint density at radius 1 is 0.825 bits per heavy atom. The zero-order chi connectivity index (χ0) is 27.3. The van der Waals surface area contributed by atoms with Crippen LogP contribution in [-0.4, -0.2) is 39.7 Å². The van der Waals surface area contributed by atoms with E-state index >= 15 is 0 Å². The Hall–Kier alpha value is -4.68. The largest absolute Gasteiger partial charge is 0.494 e. The monoisotopic (exact) mass is 528 g/mol. The van der Waals surface area contributed by atoms with Crippen LogP contribution in [0.2, 0.25) is 0 Å². The third kappa shape index (κ3) is 5.67. The lowest BCUT2D eigenvalue weighted by Gasteiger charge is -2.26. The molecular weight excluding hydrogens is 496 g/mol. The highest BCUT2D eigenvalue weighted by molar-refractivity contribution is 6.22. The topological polar surface area (TPSA) is 80.7 Å². The molecule has 6 rings (SSSR count). The van der Waals surface area contributed by atoms with Crippen molar-refractivity contribution in [3.63, 3.8) is 0 Å². The van der Waals surface area contributed by atoms with Crippen LogP contribution in [0.4, 0.5) is 11.4 Å². The van der Waals surface area contributed by atoms with Crippen molar-refractivity contribution < 1.29 is 9.90 Å². The molecule has 1 fully saturated rings. The van der Waals surface area contributed by atoms with Crippen molar-refractivity contribution in [2.24, 2.45) is 4.99 Å². The van der Waals surface area contributed by atoms with E-state index in [4.69, 9.17) is 4.99 Å². The number of benzene rings is 4. The van der Waals surface area contributed by atoms with Gasteiger partial charge in [0.2, 0.25) is 0 Å². The van der Waals surface area contributed by atoms with Gasteiger partial charge >= 0.3 is 0 Å². The van der Waals surface area contributed by atoms with Crippen molar-refractivity contribution in [2.75, 3.05) is 18.4 Å². The van der Waals surface area contributed by atoms with Gasteiger partial charge in [0, 0.05) is 28.7 Å². The molecule has 1 amide bonds. The molecule has 0 saturated carbocycles. The van der Waals surface area contributed by atoms with E-state index in [2.05, 4.69) is 27.3 Å². The highest BCUT2D eigenvalue weighted by atomic mass is 16.3. The number of anilines is 1. The van der Waals surface area contributed by atoms with Gasteiger partial charge in [0.05, 0.1) is 22.5 Å². The molecule has 1 aromatic heterocycles. The summed E-state index contributed by atoms with van der Waals surface area (Å²) in [7, 11) is 0. The number of piperidine rings is 1. The molecule has 1 saturated heterocycles. The number of fused-ring (bicyclic) bond motifs is 1. The highest BCUT2D eigenvalue weighted by Gasteiger charge is 2.19. The van der Waals surface area contributed by atoms with E-state index in [-0.39, 0.29) is 11.8 Å². The van der Waals surface area contributed by atoms with Gasteiger partial charge in [-0.25, -0.2) is 4.99 Å². The molecule has 40 heavy (non-hydrogen) atoms. The van der Waals surface area contributed by atoms with Crippen molar-refractivity contribution in [1.29, 1.82) is 0 Å². The lowest BCUT2D eigenvalue weighted by Crippen LogP contribution is -2.28. The number of hydrogen-bond acceptors (Lipinski definition) is 4. The molecule has 5 aromatic rings. The maximum Gasteiger partial charge on any atom is 0.255 e. The van der Waals surface area contributed by atoms with Crippen LogP contribution in [0.1, 0.15) is 46.3 Å². The van der Waals surface area contributed by atoms with E-state index in [0.29, 0.717) is 28.0 Å². The maximum absolute atomic E-state index is 12.7. The third-order valence-electron chi connectivity index (χ3n) is 7.39. The van der Waals surface area contributed by atoms with Crippen molar-refractivity contribution in [3.8, 4) is 5.88 Å². The summed E-state index contributed by atoms with van der Waals surface area (Å²) in [5, 5.41) is 14.9. The molecule has 0 radical (unpaired) electrons. The average molecular weight is 529 g/mol. The van der Waals surface area contributed by atoms with E-state index in [0.717, 1.165) is 36.3 Å². The summed E-state index contributed by atoms with van der Waals surface area (Å²) in [6.45, 7) is 3.28. The van der Waals surface area contributed by atoms with Crippen LogP contribution in [0.25, 0.3) is 10.9 Å². The number of likely N-dealkylation sites (tertiary alicyclic amines) is 1. The van der Waals surface area contributed by atoms with Crippen LogP contribution in [0.15, 0.2) is 108 Å². The van der Waals surface area contributed by atoms with Gasteiger partial charge in [-0.1, -0.05) is 67.1 Å². The maximum atomic E-state index is 12.7. The number of aliphatic imine (C=N–C) groups is 1. The Labute approximate surface area is 234 Å². The number of carbonyl (C=O) groups is 1. The highest BCUT2D eigenvalue weighted by Crippen LogP contribution is 2.33. The number of amides is 1. The molecule has 6 heteroatoms. The second kappa shape index (κ2) is 11.6. The predicted octanol–water partition coefficient (Wildman–Crippen LogP) is 7.28. The van der Waals surface area contributed by atoms with Crippen molar-refractivity contribution in [1.82, 2.24) is 9.88 Å². The first-order valence-corrected chi connectivity index (χ1v) is 13.8. The first-order chi connectivity index (χ1) is 19.6. The van der Waals surface area contributed by atoms with Gasteiger partial charge in [0.1, 0.15) is 0 Å². The number of rotatable bonds is 7. The van der Waals surface area contributed by atoms with E-state index < -0.39 is 0 Å². The summed E-state index contributed by atoms with van der Waals surface area (Å²) >= 11 is 0. The molecule has 2 heterocycles. The lowest BCUT2D eigenvalue weighted by atomic mass is 10.0. The summed E-state index contributed by atoms with van der Waals surface area (Å²) in [5.74, 6) is -0.155. The second-order valence-electron chi connectivity index (χ2n) is 10.3. The van der Waals surface area contributed by atoms with Crippen LogP contribution in [0.3, 0.4) is 0 Å². The van der Waals surface area contributed by atoms with Crippen LogP contribution < -0.4 is 5.32 Å². The molecule has 0 spiro atoms. The first-order valence-electron chi connectivity index (χ1n) is 13.8. The number of aromatic hydroxyl groups is 1. The Kier molecular flexibility index (Phi) is 7.42. The van der Waals surface area contributed by atoms with Crippen LogP contribution in [0.5, 0.6) is 5.88 Å². The number of aromatic nitrogens is 1. The first kappa shape index (κ1) is 25.6. The SMILES string of the molecule is O=C(Nc1ccc2c(C(=Nc3ccc(CN4CCCCC4)cc3)c3ccccc3)c(O)[nH]c2c1)c1ccccc1. The average Bonchev–Trinajstić information content (AvgIpc) is 3.32. The van der Waals surface area contributed by atoms with E-state index in [1.807, 2.05) is 78.9 Å². The molecule has 0 unspecified atom stereocenters. The fourth-order valence-electron chi connectivity index (χ4n) is 5.34. The van der Waals surface area contributed by atoms with Gasteiger partial charge in [0.25, 0.3) is 5.91 Å². The van der Waals surface area contributed by atoms with Gasteiger partial charge in [-0.15, -0.1) is 0 Å². The molecule has 4 aromatic carbocycles.